The maximum absolute atomic E-state index is 11.5. The molecule has 0 spiro atoms. The molecule has 4 nitrogen and oxygen atoms in total. The highest BCUT2D eigenvalue weighted by Crippen LogP contribution is 2.17. The average molecular weight is 363 g/mol. The van der Waals surface area contributed by atoms with E-state index < -0.39 is 9.84 Å². The van der Waals surface area contributed by atoms with E-state index in [1.54, 1.807) is 24.3 Å². The third kappa shape index (κ3) is 4.79. The predicted molar refractivity (Wildman–Crippen MR) is 103 cm³/mol. The first-order valence-corrected chi connectivity index (χ1v) is 9.91. The van der Waals surface area contributed by atoms with Crippen LogP contribution in [0.2, 0.25) is 0 Å². The van der Waals surface area contributed by atoms with E-state index in [0.29, 0.717) is 10.0 Å². The fraction of sp³-hybridized carbons (Fsp3) is 0.278. The smallest absolute Gasteiger partial charge is 0.175 e. The normalized spacial score (nSPS) is 12.5. The van der Waals surface area contributed by atoms with Crippen LogP contribution in [0.4, 0.5) is 5.69 Å². The summed E-state index contributed by atoms with van der Waals surface area (Å²) in [5, 5.41) is 6.90. The van der Waals surface area contributed by atoms with Gasteiger partial charge in [0.1, 0.15) is 0 Å². The van der Waals surface area contributed by atoms with E-state index in [4.69, 9.17) is 12.2 Å². The Morgan fingerprint density at radius 3 is 2.21 bits per heavy atom. The fourth-order valence-corrected chi connectivity index (χ4v) is 3.20. The molecule has 0 saturated heterocycles. The van der Waals surface area contributed by atoms with E-state index in [9.17, 15) is 8.42 Å². The zero-order chi connectivity index (χ0) is 17.9. The van der Waals surface area contributed by atoms with Crippen LogP contribution in [0.3, 0.4) is 0 Å². The van der Waals surface area contributed by atoms with Crippen molar-refractivity contribution in [3.05, 3.63) is 59.2 Å². The van der Waals surface area contributed by atoms with Crippen LogP contribution in [0.5, 0.6) is 0 Å². The molecule has 24 heavy (non-hydrogen) atoms. The van der Waals surface area contributed by atoms with Crippen molar-refractivity contribution in [2.24, 2.45) is 0 Å². The highest BCUT2D eigenvalue weighted by Gasteiger charge is 2.10. The summed E-state index contributed by atoms with van der Waals surface area (Å²) < 4.78 is 23.0. The molecule has 0 heterocycles. The minimum atomic E-state index is -3.18. The topological polar surface area (TPSA) is 58.2 Å². The van der Waals surface area contributed by atoms with Gasteiger partial charge in [0.2, 0.25) is 0 Å². The number of hydrogen-bond donors (Lipinski definition) is 2. The van der Waals surface area contributed by atoms with E-state index in [1.807, 2.05) is 19.1 Å². The number of anilines is 1. The molecule has 0 radical (unpaired) electrons. The molecule has 1 atom stereocenters. The van der Waals surface area contributed by atoms with E-state index in [2.05, 4.69) is 30.5 Å². The zero-order valence-corrected chi connectivity index (χ0v) is 15.9. The standard InChI is InChI=1S/C18H22N2O2S2/c1-12-5-8-16(11-13(12)2)20-18(23)19-14(3)15-6-9-17(10-7-15)24(4,21)22/h5-11,14H,1-4H3,(H2,19,20,23)/t14-/m1/s1. The van der Waals surface area contributed by atoms with E-state index in [0.717, 1.165) is 11.3 Å². The molecule has 0 bridgehead atoms. The van der Waals surface area contributed by atoms with Crippen molar-refractivity contribution in [1.29, 1.82) is 0 Å². The van der Waals surface area contributed by atoms with Gasteiger partial charge in [-0.25, -0.2) is 8.42 Å². The Morgan fingerprint density at radius 2 is 1.67 bits per heavy atom. The molecule has 0 aromatic heterocycles. The van der Waals surface area contributed by atoms with Gasteiger partial charge >= 0.3 is 0 Å². The van der Waals surface area contributed by atoms with Crippen LogP contribution in [0.25, 0.3) is 0 Å². The molecular weight excluding hydrogens is 340 g/mol. The van der Waals surface area contributed by atoms with Crippen LogP contribution in [0, 0.1) is 13.8 Å². The van der Waals surface area contributed by atoms with Crippen LogP contribution in [0.1, 0.15) is 29.7 Å². The molecule has 2 aromatic carbocycles. The second-order valence-corrected chi connectivity index (χ2v) is 8.38. The largest absolute Gasteiger partial charge is 0.356 e. The summed E-state index contributed by atoms with van der Waals surface area (Å²) in [6.45, 7) is 6.10. The van der Waals surface area contributed by atoms with Crippen molar-refractivity contribution in [2.75, 3.05) is 11.6 Å². The molecule has 2 aromatic rings. The molecule has 6 heteroatoms. The maximum Gasteiger partial charge on any atom is 0.175 e. The van der Waals surface area contributed by atoms with Crippen LogP contribution in [-0.4, -0.2) is 19.8 Å². The lowest BCUT2D eigenvalue weighted by atomic mass is 10.1. The summed E-state index contributed by atoms with van der Waals surface area (Å²) >= 11 is 5.36. The SMILES string of the molecule is Cc1ccc(NC(=S)N[C@H](C)c2ccc(S(C)(=O)=O)cc2)cc1C. The number of sulfone groups is 1. The molecular formula is C18H22N2O2S2. The number of aryl methyl sites for hydroxylation is 2. The molecule has 0 aliphatic carbocycles. The maximum atomic E-state index is 11.5. The molecule has 128 valence electrons. The van der Waals surface area contributed by atoms with Gasteiger partial charge in [-0.05, 0) is 73.9 Å². The Kier molecular flexibility index (Phi) is 5.62. The third-order valence-corrected chi connectivity index (χ3v) is 5.27. The number of nitrogens with one attached hydrogen (secondary N) is 2. The Balaban J connectivity index is 2.01. The van der Waals surface area contributed by atoms with Crippen molar-refractivity contribution >= 4 is 32.9 Å². The van der Waals surface area contributed by atoms with Gasteiger partial charge in [-0.1, -0.05) is 18.2 Å². The third-order valence-electron chi connectivity index (χ3n) is 3.92. The Labute approximate surface area is 149 Å². The molecule has 0 amide bonds. The number of rotatable bonds is 4. The van der Waals surface area contributed by atoms with Crippen LogP contribution < -0.4 is 10.6 Å². The lowest BCUT2D eigenvalue weighted by Crippen LogP contribution is -2.30. The molecule has 0 aliphatic rings. The van der Waals surface area contributed by atoms with Crippen molar-refractivity contribution in [3.63, 3.8) is 0 Å². The lowest BCUT2D eigenvalue weighted by Gasteiger charge is -2.18. The zero-order valence-electron chi connectivity index (χ0n) is 14.3. The fourth-order valence-electron chi connectivity index (χ4n) is 2.27. The van der Waals surface area contributed by atoms with E-state index >= 15 is 0 Å². The van der Waals surface area contributed by atoms with Gasteiger partial charge in [0.15, 0.2) is 14.9 Å². The van der Waals surface area contributed by atoms with Gasteiger partial charge in [0, 0.05) is 11.9 Å². The second-order valence-electron chi connectivity index (χ2n) is 5.96. The Bertz CT molecular complexity index is 844. The lowest BCUT2D eigenvalue weighted by molar-refractivity contribution is 0.601. The second kappa shape index (κ2) is 7.32. The molecule has 0 saturated carbocycles. The van der Waals surface area contributed by atoms with Gasteiger partial charge in [0.25, 0.3) is 0 Å². The molecule has 0 fully saturated rings. The van der Waals surface area contributed by atoms with Crippen molar-refractivity contribution in [1.82, 2.24) is 5.32 Å². The van der Waals surface area contributed by atoms with Crippen LogP contribution >= 0.6 is 12.2 Å². The van der Waals surface area contributed by atoms with Crippen LogP contribution in [-0.2, 0) is 9.84 Å². The van der Waals surface area contributed by atoms with Gasteiger partial charge < -0.3 is 10.6 Å². The number of benzene rings is 2. The Hall–Kier alpha value is -1.92. The van der Waals surface area contributed by atoms with Gasteiger partial charge in [-0.15, -0.1) is 0 Å². The van der Waals surface area contributed by atoms with Gasteiger partial charge in [-0.2, -0.15) is 0 Å². The van der Waals surface area contributed by atoms with Crippen molar-refractivity contribution < 1.29 is 8.42 Å². The molecule has 0 unspecified atom stereocenters. The minimum absolute atomic E-state index is 0.0369. The first-order valence-electron chi connectivity index (χ1n) is 7.61. The monoisotopic (exact) mass is 362 g/mol. The van der Waals surface area contributed by atoms with E-state index in [1.165, 1.54) is 17.4 Å². The predicted octanol–water partition coefficient (Wildman–Crippen LogP) is 3.75. The molecule has 2 rings (SSSR count). The summed E-state index contributed by atoms with van der Waals surface area (Å²) in [7, 11) is -3.18. The van der Waals surface area contributed by atoms with Gasteiger partial charge in [0.05, 0.1) is 10.9 Å². The molecule has 2 N–H and O–H groups in total. The van der Waals surface area contributed by atoms with Gasteiger partial charge in [-0.3, -0.25) is 0 Å². The molecule has 0 aliphatic heterocycles. The average Bonchev–Trinajstić information content (AvgIpc) is 2.50. The summed E-state index contributed by atoms with van der Waals surface area (Å²) in [4.78, 5) is 0.314. The summed E-state index contributed by atoms with van der Waals surface area (Å²) in [6, 6.07) is 12.9. The van der Waals surface area contributed by atoms with Crippen molar-refractivity contribution in [3.8, 4) is 0 Å². The number of thiocarbonyl (C=S) groups is 1. The van der Waals surface area contributed by atoms with Crippen LogP contribution in [0.15, 0.2) is 47.4 Å². The number of hydrogen-bond acceptors (Lipinski definition) is 3. The summed E-state index contributed by atoms with van der Waals surface area (Å²) in [6.07, 6.45) is 1.20. The first kappa shape index (κ1) is 18.4. The first-order chi connectivity index (χ1) is 11.2. The Morgan fingerprint density at radius 1 is 1.04 bits per heavy atom. The quantitative estimate of drug-likeness (QED) is 0.811. The summed E-state index contributed by atoms with van der Waals surface area (Å²) in [5.41, 5.74) is 4.34. The minimum Gasteiger partial charge on any atom is -0.356 e. The highest BCUT2D eigenvalue weighted by atomic mass is 32.2. The van der Waals surface area contributed by atoms with E-state index in [-0.39, 0.29) is 6.04 Å². The summed E-state index contributed by atoms with van der Waals surface area (Å²) in [5.74, 6) is 0. The highest BCUT2D eigenvalue weighted by molar-refractivity contribution is 7.90. The van der Waals surface area contributed by atoms with Crippen molar-refractivity contribution in [2.45, 2.75) is 31.7 Å².